The van der Waals surface area contributed by atoms with Crippen LogP contribution in [-0.4, -0.2) is 41.5 Å². The molecule has 0 unspecified atom stereocenters. The topological polar surface area (TPSA) is 79.5 Å². The van der Waals surface area contributed by atoms with Gasteiger partial charge in [-0.05, 0) is 37.4 Å². The molecule has 1 aliphatic rings. The molecule has 0 spiro atoms. The minimum Gasteiger partial charge on any atom is -0.454 e. The number of amides is 1. The van der Waals surface area contributed by atoms with Crippen LogP contribution in [0.2, 0.25) is 0 Å². The van der Waals surface area contributed by atoms with Crippen LogP contribution >= 0.6 is 11.8 Å². The quantitative estimate of drug-likeness (QED) is 0.368. The zero-order valence-corrected chi connectivity index (χ0v) is 17.6. The highest BCUT2D eigenvalue weighted by Gasteiger charge is 2.37. The van der Waals surface area contributed by atoms with E-state index in [2.05, 4.69) is 4.98 Å². The minimum absolute atomic E-state index is 0.0797. The summed E-state index contributed by atoms with van der Waals surface area (Å²) in [5.41, 5.74) is 2.11. The van der Waals surface area contributed by atoms with E-state index in [4.69, 9.17) is 4.74 Å². The first-order valence-corrected chi connectivity index (χ1v) is 11.0. The molecule has 30 heavy (non-hydrogen) atoms. The predicted molar refractivity (Wildman–Crippen MR) is 117 cm³/mol. The van der Waals surface area contributed by atoms with Crippen molar-refractivity contribution in [2.24, 2.45) is 5.92 Å². The highest BCUT2D eigenvalue weighted by molar-refractivity contribution is 7.98. The summed E-state index contributed by atoms with van der Waals surface area (Å²) in [6, 6.07) is 15.1. The normalized spacial score (nSPS) is 17.3. The number of ether oxygens (including phenoxy) is 1. The van der Waals surface area contributed by atoms with Crippen molar-refractivity contribution in [3.63, 3.8) is 0 Å². The number of hydrogen-bond donors (Lipinski definition) is 1. The molecule has 2 aromatic carbocycles. The van der Waals surface area contributed by atoms with Gasteiger partial charge in [0.15, 0.2) is 6.10 Å². The number of nitrogens with zero attached hydrogens (tertiary/aromatic N) is 1. The molecule has 1 aliphatic heterocycles. The zero-order chi connectivity index (χ0) is 21.3. The molecule has 1 amide bonds. The summed E-state index contributed by atoms with van der Waals surface area (Å²) in [5, 5.41) is 0.793. The Hall–Kier alpha value is -3.06. The van der Waals surface area contributed by atoms with Crippen LogP contribution in [-0.2, 0) is 14.3 Å². The fourth-order valence-electron chi connectivity index (χ4n) is 3.71. The molecule has 0 aliphatic carbocycles. The highest BCUT2D eigenvalue weighted by atomic mass is 32.2. The second-order valence-corrected chi connectivity index (χ2v) is 8.18. The third-order valence-corrected chi connectivity index (χ3v) is 6.07. The van der Waals surface area contributed by atoms with Gasteiger partial charge in [-0.2, -0.15) is 0 Å². The Balaban J connectivity index is 1.43. The molecule has 6 nitrogen and oxygen atoms in total. The maximum absolute atomic E-state index is 12.8. The lowest BCUT2D eigenvalue weighted by Gasteiger charge is -2.18. The summed E-state index contributed by atoms with van der Waals surface area (Å²) in [7, 11) is 0. The molecule has 1 saturated heterocycles. The third kappa shape index (κ3) is 3.85. The van der Waals surface area contributed by atoms with E-state index in [0.717, 1.165) is 21.5 Å². The van der Waals surface area contributed by atoms with Gasteiger partial charge in [-0.1, -0.05) is 24.3 Å². The van der Waals surface area contributed by atoms with Gasteiger partial charge in [-0.15, -0.1) is 11.8 Å². The van der Waals surface area contributed by atoms with Crippen LogP contribution in [0.1, 0.15) is 23.7 Å². The number of benzene rings is 2. The highest BCUT2D eigenvalue weighted by Crippen LogP contribution is 2.29. The number of aromatic amines is 1. The minimum atomic E-state index is -0.930. The lowest BCUT2D eigenvalue weighted by Crippen LogP contribution is -2.30. The number of rotatable bonds is 6. The summed E-state index contributed by atoms with van der Waals surface area (Å²) < 4.78 is 5.46. The first-order valence-electron chi connectivity index (χ1n) is 9.73. The largest absolute Gasteiger partial charge is 0.454 e. The van der Waals surface area contributed by atoms with Crippen LogP contribution in [0.15, 0.2) is 59.6 Å². The van der Waals surface area contributed by atoms with E-state index in [9.17, 15) is 14.4 Å². The first-order chi connectivity index (χ1) is 14.5. The van der Waals surface area contributed by atoms with E-state index in [1.165, 1.54) is 0 Å². The number of esters is 1. The molecular formula is C23H22N2O4S. The van der Waals surface area contributed by atoms with Crippen LogP contribution in [0, 0.1) is 5.92 Å². The summed E-state index contributed by atoms with van der Waals surface area (Å²) in [4.78, 5) is 43.7. The Morgan fingerprint density at radius 3 is 2.80 bits per heavy atom. The molecule has 3 aromatic rings. The fraction of sp³-hybridized carbons (Fsp3) is 0.261. The molecular weight excluding hydrogens is 400 g/mol. The number of aromatic nitrogens is 1. The van der Waals surface area contributed by atoms with E-state index in [0.29, 0.717) is 5.56 Å². The fourth-order valence-corrected chi connectivity index (χ4v) is 4.16. The van der Waals surface area contributed by atoms with Gasteiger partial charge in [0.2, 0.25) is 11.7 Å². The molecule has 2 atom stereocenters. The molecule has 7 heteroatoms. The van der Waals surface area contributed by atoms with E-state index in [1.54, 1.807) is 29.8 Å². The van der Waals surface area contributed by atoms with Crippen molar-refractivity contribution < 1.29 is 19.1 Å². The Morgan fingerprint density at radius 2 is 2.00 bits per heavy atom. The number of ketones is 1. The monoisotopic (exact) mass is 422 g/mol. The van der Waals surface area contributed by atoms with Crippen molar-refractivity contribution in [1.29, 1.82) is 0 Å². The molecule has 154 valence electrons. The first kappa shape index (κ1) is 20.2. The number of hydrogen-bond acceptors (Lipinski definition) is 5. The van der Waals surface area contributed by atoms with Gasteiger partial charge in [0.1, 0.15) is 0 Å². The van der Waals surface area contributed by atoms with Crippen molar-refractivity contribution >= 4 is 46.0 Å². The summed E-state index contributed by atoms with van der Waals surface area (Å²) in [6.07, 6.45) is 2.76. The van der Waals surface area contributed by atoms with Crippen molar-refractivity contribution in [3.05, 3.63) is 60.3 Å². The van der Waals surface area contributed by atoms with E-state index in [1.807, 2.05) is 54.8 Å². The Labute approximate surface area is 178 Å². The second-order valence-electron chi connectivity index (χ2n) is 7.30. The van der Waals surface area contributed by atoms with Crippen molar-refractivity contribution in [1.82, 2.24) is 4.98 Å². The maximum Gasteiger partial charge on any atom is 0.312 e. The van der Waals surface area contributed by atoms with Crippen molar-refractivity contribution in [2.45, 2.75) is 24.3 Å². The molecule has 0 bridgehead atoms. The van der Waals surface area contributed by atoms with Gasteiger partial charge in [0.25, 0.3) is 0 Å². The number of Topliss-reactive ketones (excluding diaryl/α,β-unsaturated/α-hetero) is 1. The van der Waals surface area contributed by atoms with Crippen LogP contribution in [0.3, 0.4) is 0 Å². The summed E-state index contributed by atoms with van der Waals surface area (Å²) in [6.45, 7) is 1.82. The van der Waals surface area contributed by atoms with E-state index >= 15 is 0 Å². The predicted octanol–water partition coefficient (Wildman–Crippen LogP) is 4.06. The number of thioether (sulfide) groups is 1. The summed E-state index contributed by atoms with van der Waals surface area (Å²) >= 11 is 1.59. The number of anilines is 1. The average molecular weight is 423 g/mol. The van der Waals surface area contributed by atoms with Crippen LogP contribution < -0.4 is 4.90 Å². The number of carbonyl (C=O) groups excluding carboxylic acids is 3. The number of fused-ring (bicyclic) bond motifs is 1. The number of nitrogens with one attached hydrogen (secondary N) is 1. The average Bonchev–Trinajstić information content (AvgIpc) is 3.37. The zero-order valence-electron chi connectivity index (χ0n) is 16.8. The molecule has 2 heterocycles. The van der Waals surface area contributed by atoms with Gasteiger partial charge in [-0.3, -0.25) is 14.4 Å². The van der Waals surface area contributed by atoms with Crippen molar-refractivity contribution in [3.8, 4) is 0 Å². The van der Waals surface area contributed by atoms with Crippen LogP contribution in [0.4, 0.5) is 5.69 Å². The maximum atomic E-state index is 12.8. The number of carbonyl (C=O) groups is 3. The standard InChI is InChI=1S/C23H22N2O4S/c1-14(22(27)19-12-24-20-9-4-3-8-18(19)20)29-23(28)15-10-21(26)25(13-15)16-6-5-7-17(11-16)30-2/h3-9,11-12,14-15,24H,10,13H2,1-2H3/t14-,15+/m1/s1. The molecule has 1 aromatic heterocycles. The Bertz CT molecular complexity index is 1120. The Kier molecular flexibility index (Phi) is 5.63. The van der Waals surface area contributed by atoms with Gasteiger partial charge in [0.05, 0.1) is 5.92 Å². The van der Waals surface area contributed by atoms with Crippen LogP contribution in [0.5, 0.6) is 0 Å². The lowest BCUT2D eigenvalue weighted by molar-refractivity contribution is -0.151. The molecule has 1 fully saturated rings. The van der Waals surface area contributed by atoms with Gasteiger partial charge >= 0.3 is 5.97 Å². The van der Waals surface area contributed by atoms with Gasteiger partial charge in [-0.25, -0.2) is 0 Å². The second kappa shape index (κ2) is 8.36. The van der Waals surface area contributed by atoms with Gasteiger partial charge in [0, 0.05) is 46.2 Å². The number of H-pyrrole nitrogens is 1. The molecule has 0 radical (unpaired) electrons. The third-order valence-electron chi connectivity index (χ3n) is 5.34. The molecule has 4 rings (SSSR count). The van der Waals surface area contributed by atoms with E-state index < -0.39 is 18.0 Å². The van der Waals surface area contributed by atoms with Crippen molar-refractivity contribution in [2.75, 3.05) is 17.7 Å². The molecule has 0 saturated carbocycles. The SMILES string of the molecule is CSc1cccc(N2C[C@@H](C(=O)O[C@H](C)C(=O)c3c[nH]c4ccccc34)CC2=O)c1. The van der Waals surface area contributed by atoms with Gasteiger partial charge < -0.3 is 14.6 Å². The lowest BCUT2D eigenvalue weighted by atomic mass is 10.1. The number of para-hydroxylation sites is 1. The Morgan fingerprint density at radius 1 is 1.20 bits per heavy atom. The smallest absolute Gasteiger partial charge is 0.312 e. The summed E-state index contributed by atoms with van der Waals surface area (Å²) in [5.74, 6) is -1.50. The molecule has 1 N–H and O–H groups in total. The van der Waals surface area contributed by atoms with Crippen LogP contribution in [0.25, 0.3) is 10.9 Å². The van der Waals surface area contributed by atoms with E-state index in [-0.39, 0.29) is 24.7 Å².